The third-order valence-corrected chi connectivity index (χ3v) is 3.90. The molecule has 0 saturated carbocycles. The summed E-state index contributed by atoms with van der Waals surface area (Å²) in [5.74, 6) is -0.996. The molecule has 2 N–H and O–H groups in total. The summed E-state index contributed by atoms with van der Waals surface area (Å²) in [5.41, 5.74) is -0.424. The van der Waals surface area contributed by atoms with E-state index in [0.717, 1.165) is 13.1 Å². The topological polar surface area (TPSA) is 72.9 Å². The SMILES string of the molecule is CC(C)(C)[C@H](NC(=O)N1CCN(C(C)(C)C)CC1)C(=O)O. The standard InChI is InChI=1S/C15H29N3O3/c1-14(2,3)11(12(19)20)16-13(21)17-7-9-18(10-8-17)15(4,5)6/h11H,7-10H2,1-6H3,(H,16,21)(H,19,20)/t11-/m1/s1. The number of nitrogens with one attached hydrogen (secondary N) is 1. The Kier molecular flexibility index (Phi) is 5.25. The molecule has 6 heteroatoms. The zero-order valence-electron chi connectivity index (χ0n) is 14.1. The van der Waals surface area contributed by atoms with Crippen LogP contribution in [0.15, 0.2) is 0 Å². The number of aliphatic carboxylic acids is 1. The Morgan fingerprint density at radius 3 is 1.81 bits per heavy atom. The smallest absolute Gasteiger partial charge is 0.326 e. The summed E-state index contributed by atoms with van der Waals surface area (Å²) in [6.45, 7) is 14.8. The van der Waals surface area contributed by atoms with Gasteiger partial charge in [0, 0.05) is 31.7 Å². The zero-order valence-corrected chi connectivity index (χ0v) is 14.1. The second kappa shape index (κ2) is 6.22. The lowest BCUT2D eigenvalue weighted by Gasteiger charge is -2.42. The first-order valence-corrected chi connectivity index (χ1v) is 7.46. The van der Waals surface area contributed by atoms with Crippen molar-refractivity contribution in [3.63, 3.8) is 0 Å². The molecule has 0 radical (unpaired) electrons. The van der Waals surface area contributed by atoms with Crippen LogP contribution >= 0.6 is 0 Å². The highest BCUT2D eigenvalue weighted by Gasteiger charge is 2.35. The predicted molar refractivity (Wildman–Crippen MR) is 82.3 cm³/mol. The van der Waals surface area contributed by atoms with Gasteiger partial charge in [0.1, 0.15) is 6.04 Å². The molecule has 1 aliphatic rings. The molecule has 0 unspecified atom stereocenters. The lowest BCUT2D eigenvalue weighted by Crippen LogP contribution is -2.59. The van der Waals surface area contributed by atoms with Crippen LogP contribution in [0.2, 0.25) is 0 Å². The van der Waals surface area contributed by atoms with E-state index in [4.69, 9.17) is 0 Å². The van der Waals surface area contributed by atoms with Gasteiger partial charge in [-0.25, -0.2) is 9.59 Å². The lowest BCUT2D eigenvalue weighted by atomic mass is 9.87. The second-order valence-electron chi connectivity index (χ2n) is 7.73. The van der Waals surface area contributed by atoms with E-state index in [1.165, 1.54) is 0 Å². The minimum absolute atomic E-state index is 0.0948. The van der Waals surface area contributed by atoms with Crippen LogP contribution in [0.1, 0.15) is 41.5 Å². The first-order chi connectivity index (χ1) is 9.43. The normalized spacial score (nSPS) is 19.2. The van der Waals surface area contributed by atoms with Crippen LogP contribution in [0.25, 0.3) is 0 Å². The van der Waals surface area contributed by atoms with Gasteiger partial charge in [0.2, 0.25) is 0 Å². The van der Waals surface area contributed by atoms with Crippen LogP contribution in [0.4, 0.5) is 4.79 Å². The Bertz CT molecular complexity index is 388. The lowest BCUT2D eigenvalue weighted by molar-refractivity contribution is -0.142. The van der Waals surface area contributed by atoms with E-state index in [2.05, 4.69) is 31.0 Å². The van der Waals surface area contributed by atoms with Crippen LogP contribution < -0.4 is 5.32 Å². The number of amides is 2. The van der Waals surface area contributed by atoms with Gasteiger partial charge in [0.25, 0.3) is 0 Å². The fourth-order valence-electron chi connectivity index (χ4n) is 2.44. The van der Waals surface area contributed by atoms with Crippen LogP contribution in [-0.4, -0.2) is 64.7 Å². The van der Waals surface area contributed by atoms with E-state index >= 15 is 0 Å². The van der Waals surface area contributed by atoms with Crippen molar-refractivity contribution in [3.8, 4) is 0 Å². The average Bonchev–Trinajstić information content (AvgIpc) is 2.33. The van der Waals surface area contributed by atoms with Gasteiger partial charge in [-0.3, -0.25) is 4.90 Å². The third kappa shape index (κ3) is 4.88. The number of piperazine rings is 1. The number of urea groups is 1. The van der Waals surface area contributed by atoms with Gasteiger partial charge in [-0.05, 0) is 26.2 Å². The molecule has 122 valence electrons. The minimum Gasteiger partial charge on any atom is -0.480 e. The van der Waals surface area contributed by atoms with Crippen LogP contribution in [-0.2, 0) is 4.79 Å². The fraction of sp³-hybridized carbons (Fsp3) is 0.867. The molecule has 0 aromatic heterocycles. The Balaban J connectivity index is 2.60. The van der Waals surface area contributed by atoms with Crippen molar-refractivity contribution in [1.29, 1.82) is 0 Å². The Labute approximate surface area is 127 Å². The number of carboxylic acids is 1. The third-order valence-electron chi connectivity index (χ3n) is 3.90. The number of carbonyl (C=O) groups is 2. The number of nitrogens with zero attached hydrogens (tertiary/aromatic N) is 2. The molecule has 1 saturated heterocycles. The van der Waals surface area contributed by atoms with Crippen LogP contribution in [0.3, 0.4) is 0 Å². The molecule has 1 heterocycles. The summed E-state index contributed by atoms with van der Waals surface area (Å²) in [4.78, 5) is 27.6. The van der Waals surface area contributed by atoms with E-state index in [9.17, 15) is 14.7 Å². The van der Waals surface area contributed by atoms with Gasteiger partial charge < -0.3 is 15.3 Å². The van der Waals surface area contributed by atoms with Crippen molar-refractivity contribution in [2.45, 2.75) is 53.1 Å². The van der Waals surface area contributed by atoms with Gasteiger partial charge in [0.05, 0.1) is 0 Å². The van der Waals surface area contributed by atoms with E-state index < -0.39 is 17.4 Å². The molecular formula is C15H29N3O3. The molecular weight excluding hydrogens is 270 g/mol. The fourth-order valence-corrected chi connectivity index (χ4v) is 2.44. The van der Waals surface area contributed by atoms with Crippen LogP contribution in [0.5, 0.6) is 0 Å². The van der Waals surface area contributed by atoms with E-state index in [1.807, 2.05) is 20.8 Å². The van der Waals surface area contributed by atoms with Gasteiger partial charge in [-0.1, -0.05) is 20.8 Å². The van der Waals surface area contributed by atoms with E-state index in [-0.39, 0.29) is 11.6 Å². The highest BCUT2D eigenvalue weighted by Crippen LogP contribution is 2.20. The molecule has 2 amide bonds. The van der Waals surface area contributed by atoms with Gasteiger partial charge in [-0.15, -0.1) is 0 Å². The summed E-state index contributed by atoms with van der Waals surface area (Å²) in [7, 11) is 0. The number of hydrogen-bond acceptors (Lipinski definition) is 3. The van der Waals surface area contributed by atoms with Crippen molar-refractivity contribution in [2.24, 2.45) is 5.41 Å². The second-order valence-corrected chi connectivity index (χ2v) is 7.73. The van der Waals surface area contributed by atoms with Gasteiger partial charge in [-0.2, -0.15) is 0 Å². The minimum atomic E-state index is -0.996. The van der Waals surface area contributed by atoms with Gasteiger partial charge in [0.15, 0.2) is 0 Å². The van der Waals surface area contributed by atoms with Crippen molar-refractivity contribution in [1.82, 2.24) is 15.1 Å². The van der Waals surface area contributed by atoms with E-state index in [0.29, 0.717) is 13.1 Å². The molecule has 0 aromatic rings. The van der Waals surface area contributed by atoms with E-state index in [1.54, 1.807) is 4.90 Å². The first-order valence-electron chi connectivity index (χ1n) is 7.46. The summed E-state index contributed by atoms with van der Waals surface area (Å²) in [6, 6.07) is -1.17. The maximum Gasteiger partial charge on any atom is 0.326 e. The maximum atomic E-state index is 12.2. The monoisotopic (exact) mass is 299 g/mol. The Morgan fingerprint density at radius 2 is 1.48 bits per heavy atom. The largest absolute Gasteiger partial charge is 0.480 e. The highest BCUT2D eigenvalue weighted by atomic mass is 16.4. The van der Waals surface area contributed by atoms with Crippen molar-refractivity contribution in [2.75, 3.05) is 26.2 Å². The quantitative estimate of drug-likeness (QED) is 0.812. The molecule has 0 bridgehead atoms. The Morgan fingerprint density at radius 1 is 1.00 bits per heavy atom. The van der Waals surface area contributed by atoms with Gasteiger partial charge >= 0.3 is 12.0 Å². The number of carbonyl (C=O) groups excluding carboxylic acids is 1. The molecule has 1 atom stereocenters. The van der Waals surface area contributed by atoms with Crippen LogP contribution in [0, 0.1) is 5.41 Å². The molecule has 21 heavy (non-hydrogen) atoms. The number of rotatable bonds is 2. The molecule has 1 rings (SSSR count). The van der Waals surface area contributed by atoms with Crippen molar-refractivity contribution in [3.05, 3.63) is 0 Å². The number of carboxylic acid groups (broad SMARTS) is 1. The Hall–Kier alpha value is -1.30. The summed E-state index contributed by atoms with van der Waals surface area (Å²) in [5, 5.41) is 11.9. The summed E-state index contributed by atoms with van der Waals surface area (Å²) >= 11 is 0. The summed E-state index contributed by atoms with van der Waals surface area (Å²) < 4.78 is 0. The van der Waals surface area contributed by atoms with Crippen molar-refractivity contribution < 1.29 is 14.7 Å². The maximum absolute atomic E-state index is 12.2. The molecule has 6 nitrogen and oxygen atoms in total. The number of hydrogen-bond donors (Lipinski definition) is 2. The van der Waals surface area contributed by atoms with Crippen molar-refractivity contribution >= 4 is 12.0 Å². The first kappa shape index (κ1) is 17.8. The molecule has 0 aliphatic carbocycles. The molecule has 0 spiro atoms. The molecule has 1 fully saturated rings. The predicted octanol–water partition coefficient (Wildman–Crippen LogP) is 1.61. The average molecular weight is 299 g/mol. The molecule has 0 aromatic carbocycles. The highest BCUT2D eigenvalue weighted by molar-refractivity contribution is 5.83. The zero-order chi connectivity index (χ0) is 16.4. The summed E-state index contributed by atoms with van der Waals surface area (Å²) in [6.07, 6.45) is 0. The molecule has 1 aliphatic heterocycles.